The van der Waals surface area contributed by atoms with E-state index < -0.39 is 22.9 Å². The van der Waals surface area contributed by atoms with Gasteiger partial charge in [0.05, 0.1) is 24.0 Å². The number of carbonyl (C=O) groups is 1. The van der Waals surface area contributed by atoms with E-state index in [2.05, 4.69) is 15.3 Å². The number of pyridine rings is 2. The molecule has 168 valence electrons. The van der Waals surface area contributed by atoms with Crippen LogP contribution in [-0.2, 0) is 11.2 Å². The van der Waals surface area contributed by atoms with Gasteiger partial charge in [-0.1, -0.05) is 12.1 Å². The number of nitrogens with one attached hydrogen (secondary N) is 1. The van der Waals surface area contributed by atoms with Crippen molar-refractivity contribution in [3.63, 3.8) is 0 Å². The molecule has 4 aromatic rings. The molecule has 9 nitrogen and oxygen atoms in total. The summed E-state index contributed by atoms with van der Waals surface area (Å²) in [7, 11) is 0. The van der Waals surface area contributed by atoms with Crippen LogP contribution in [0.5, 0.6) is 17.4 Å². The van der Waals surface area contributed by atoms with Crippen LogP contribution >= 0.6 is 0 Å². The number of fused-ring (bicyclic) bond motifs is 1. The summed E-state index contributed by atoms with van der Waals surface area (Å²) >= 11 is 0. The first-order valence-corrected chi connectivity index (χ1v) is 10.3. The molecule has 0 unspecified atom stereocenters. The number of ether oxygens (including phenoxy) is 2. The number of aryl methyl sites for hydroxylation is 1. The lowest BCUT2D eigenvalue weighted by Crippen LogP contribution is -2.46. The van der Waals surface area contributed by atoms with Crippen LogP contribution in [0.15, 0.2) is 58.4 Å². The zero-order valence-electron chi connectivity index (χ0n) is 18.0. The normalized spacial score (nSPS) is 11.9. The highest BCUT2D eigenvalue weighted by Gasteiger charge is 2.25. The molecule has 0 spiro atoms. The SMILES string of the molecule is CCOc1c(N[C@@H](Cc2ccc(Oc3nc(C)cc4ccncc34)cc2)C(=O)[O-])c(=O)c1=O. The molecule has 2 aromatic heterocycles. The standard InChI is InChI=1S/C24H21N3O6/c1-3-32-22-19(20(28)21(22)29)27-18(24(30)31)11-14-4-6-16(7-5-14)33-23-17-12-25-9-8-15(17)10-13(2)26-23/h4-10,12,18,27H,3,11H2,1-2H3,(H,30,31)/p-1/t18-/m0/s1. The first-order chi connectivity index (χ1) is 15.9. The minimum Gasteiger partial charge on any atom is -0.548 e. The number of benzene rings is 1. The predicted octanol–water partition coefficient (Wildman–Crippen LogP) is 1.50. The molecule has 0 amide bonds. The van der Waals surface area contributed by atoms with Crippen LogP contribution in [0, 0.1) is 6.92 Å². The van der Waals surface area contributed by atoms with E-state index in [4.69, 9.17) is 9.47 Å². The number of hydrogen-bond acceptors (Lipinski definition) is 9. The largest absolute Gasteiger partial charge is 0.548 e. The summed E-state index contributed by atoms with van der Waals surface area (Å²) in [6.45, 7) is 3.71. The maximum atomic E-state index is 11.8. The van der Waals surface area contributed by atoms with Gasteiger partial charge < -0.3 is 24.7 Å². The molecule has 9 heteroatoms. The second kappa shape index (κ2) is 9.07. The summed E-state index contributed by atoms with van der Waals surface area (Å²) < 4.78 is 11.1. The third kappa shape index (κ3) is 4.52. The van der Waals surface area contributed by atoms with Crippen molar-refractivity contribution >= 4 is 22.4 Å². The number of hydrogen-bond donors (Lipinski definition) is 1. The van der Waals surface area contributed by atoms with Crippen molar-refractivity contribution in [2.24, 2.45) is 0 Å². The summed E-state index contributed by atoms with van der Waals surface area (Å²) in [5, 5.41) is 15.9. The fourth-order valence-electron chi connectivity index (χ4n) is 3.46. The van der Waals surface area contributed by atoms with Crippen LogP contribution in [0.4, 0.5) is 5.69 Å². The van der Waals surface area contributed by atoms with Gasteiger partial charge in [0, 0.05) is 18.1 Å². The Labute approximate surface area is 188 Å². The van der Waals surface area contributed by atoms with Crippen molar-refractivity contribution in [2.45, 2.75) is 26.3 Å². The molecule has 1 atom stereocenters. The minimum atomic E-state index is -1.41. The Kier molecular flexibility index (Phi) is 6.03. The molecule has 0 saturated heterocycles. The Morgan fingerprint density at radius 2 is 1.91 bits per heavy atom. The Bertz CT molecular complexity index is 1390. The Hall–Kier alpha value is -4.27. The van der Waals surface area contributed by atoms with Crippen LogP contribution in [0.25, 0.3) is 10.8 Å². The number of carboxylic acid groups (broad SMARTS) is 1. The van der Waals surface area contributed by atoms with E-state index in [0.717, 1.165) is 16.5 Å². The van der Waals surface area contributed by atoms with E-state index in [-0.39, 0.29) is 24.5 Å². The maximum absolute atomic E-state index is 11.8. The quantitative estimate of drug-likeness (QED) is 0.380. The first kappa shape index (κ1) is 21.9. The lowest BCUT2D eigenvalue weighted by atomic mass is 10.0. The molecule has 0 bridgehead atoms. The fraction of sp³-hybridized carbons (Fsp3) is 0.208. The van der Waals surface area contributed by atoms with E-state index in [9.17, 15) is 19.5 Å². The fourth-order valence-corrected chi connectivity index (χ4v) is 3.46. The highest BCUT2D eigenvalue weighted by Crippen LogP contribution is 2.28. The second-order valence-electron chi connectivity index (χ2n) is 7.43. The molecule has 4 rings (SSSR count). The summed E-state index contributed by atoms with van der Waals surface area (Å²) in [5.41, 5.74) is -0.259. The average Bonchev–Trinajstić information content (AvgIpc) is 2.81. The number of carboxylic acids is 1. The number of nitrogens with zero attached hydrogens (tertiary/aromatic N) is 2. The molecule has 0 aliphatic rings. The first-order valence-electron chi connectivity index (χ1n) is 10.3. The molecule has 0 radical (unpaired) electrons. The summed E-state index contributed by atoms with van der Waals surface area (Å²) in [6.07, 6.45) is 3.39. The third-order valence-electron chi connectivity index (χ3n) is 5.06. The maximum Gasteiger partial charge on any atom is 0.272 e. The second-order valence-corrected chi connectivity index (χ2v) is 7.43. The highest BCUT2D eigenvalue weighted by atomic mass is 16.5. The van der Waals surface area contributed by atoms with Crippen LogP contribution in [0.3, 0.4) is 0 Å². The minimum absolute atomic E-state index is 0.0164. The average molecular weight is 446 g/mol. The molecule has 0 fully saturated rings. The van der Waals surface area contributed by atoms with Gasteiger partial charge in [-0.3, -0.25) is 14.6 Å². The van der Waals surface area contributed by atoms with Gasteiger partial charge in [-0.05, 0) is 55.5 Å². The van der Waals surface area contributed by atoms with Gasteiger partial charge in [0.1, 0.15) is 11.4 Å². The van der Waals surface area contributed by atoms with Gasteiger partial charge >= 0.3 is 0 Å². The van der Waals surface area contributed by atoms with Crippen molar-refractivity contribution in [2.75, 3.05) is 11.9 Å². The van der Waals surface area contributed by atoms with E-state index in [0.29, 0.717) is 17.2 Å². The summed E-state index contributed by atoms with van der Waals surface area (Å²) in [4.78, 5) is 43.6. The molecule has 2 heterocycles. The Morgan fingerprint density at radius 3 is 2.61 bits per heavy atom. The van der Waals surface area contributed by atoms with Crippen molar-refractivity contribution < 1.29 is 19.4 Å². The topological polar surface area (TPSA) is 131 Å². The molecule has 0 aliphatic carbocycles. The van der Waals surface area contributed by atoms with Crippen LogP contribution in [0.2, 0.25) is 0 Å². The van der Waals surface area contributed by atoms with Gasteiger partial charge in [-0.15, -0.1) is 0 Å². The van der Waals surface area contributed by atoms with Gasteiger partial charge in [-0.25, -0.2) is 4.98 Å². The monoisotopic (exact) mass is 446 g/mol. The number of aliphatic carboxylic acids is 1. The molecule has 0 aliphatic heterocycles. The molecular weight excluding hydrogens is 426 g/mol. The van der Waals surface area contributed by atoms with Crippen molar-refractivity contribution in [3.8, 4) is 17.4 Å². The number of aromatic nitrogens is 2. The molecule has 2 aromatic carbocycles. The van der Waals surface area contributed by atoms with Crippen molar-refractivity contribution in [3.05, 3.63) is 80.5 Å². The predicted molar refractivity (Wildman–Crippen MR) is 119 cm³/mol. The summed E-state index contributed by atoms with van der Waals surface area (Å²) in [6, 6.07) is 9.37. The summed E-state index contributed by atoms with van der Waals surface area (Å²) in [5.74, 6) is -0.622. The van der Waals surface area contributed by atoms with E-state index >= 15 is 0 Å². The highest BCUT2D eigenvalue weighted by molar-refractivity contribution is 5.86. The van der Waals surface area contributed by atoms with Gasteiger partial charge in [0.25, 0.3) is 10.9 Å². The van der Waals surface area contributed by atoms with Crippen LogP contribution < -0.4 is 30.8 Å². The molecule has 1 N–H and O–H groups in total. The van der Waals surface area contributed by atoms with Crippen LogP contribution in [0.1, 0.15) is 18.2 Å². The van der Waals surface area contributed by atoms with E-state index in [1.54, 1.807) is 43.6 Å². The molecule has 0 saturated carbocycles. The van der Waals surface area contributed by atoms with E-state index in [1.165, 1.54) is 0 Å². The van der Waals surface area contributed by atoms with Crippen molar-refractivity contribution in [1.82, 2.24) is 9.97 Å². The zero-order valence-corrected chi connectivity index (χ0v) is 18.0. The number of anilines is 1. The third-order valence-corrected chi connectivity index (χ3v) is 5.06. The Balaban J connectivity index is 1.50. The Morgan fingerprint density at radius 1 is 1.15 bits per heavy atom. The van der Waals surface area contributed by atoms with Crippen molar-refractivity contribution in [1.29, 1.82) is 0 Å². The van der Waals surface area contributed by atoms with Gasteiger partial charge in [0.15, 0.2) is 5.75 Å². The lowest BCUT2D eigenvalue weighted by Gasteiger charge is -2.23. The number of rotatable bonds is 9. The van der Waals surface area contributed by atoms with E-state index in [1.807, 2.05) is 19.1 Å². The van der Waals surface area contributed by atoms with Gasteiger partial charge in [0.2, 0.25) is 5.88 Å². The van der Waals surface area contributed by atoms with Gasteiger partial charge in [-0.2, -0.15) is 0 Å². The molecular formula is C24H20N3O6-. The number of carbonyl (C=O) groups excluding carboxylic acids is 1. The lowest BCUT2D eigenvalue weighted by molar-refractivity contribution is -0.306. The zero-order chi connectivity index (χ0) is 23.5. The smallest absolute Gasteiger partial charge is 0.272 e. The molecule has 33 heavy (non-hydrogen) atoms. The van der Waals surface area contributed by atoms with Crippen LogP contribution in [-0.4, -0.2) is 28.6 Å².